The van der Waals surface area contributed by atoms with Gasteiger partial charge in [0.2, 0.25) is 0 Å². The monoisotopic (exact) mass is 459 g/mol. The first kappa shape index (κ1) is 22.0. The van der Waals surface area contributed by atoms with Crippen LogP contribution in [0.4, 0.5) is 4.39 Å². The van der Waals surface area contributed by atoms with Crippen LogP contribution in [0.15, 0.2) is 55.2 Å². The van der Waals surface area contributed by atoms with Crippen LogP contribution in [0.1, 0.15) is 37.7 Å². The van der Waals surface area contributed by atoms with Gasteiger partial charge in [-0.25, -0.2) is 19.3 Å². The average molecular weight is 460 g/mol. The number of aliphatic hydroxyl groups is 1. The van der Waals surface area contributed by atoms with Crippen molar-refractivity contribution < 1.29 is 14.2 Å². The molecule has 5 rings (SSSR count). The molecule has 8 heteroatoms. The average Bonchev–Trinajstić information content (AvgIpc) is 3.23. The third kappa shape index (κ3) is 4.76. The lowest BCUT2D eigenvalue weighted by molar-refractivity contribution is 0.117. The van der Waals surface area contributed by atoms with Crippen LogP contribution in [0.3, 0.4) is 0 Å². The molecule has 0 saturated heterocycles. The number of ether oxygens (including phenoxy) is 1. The van der Waals surface area contributed by atoms with Crippen molar-refractivity contribution in [1.82, 2.24) is 24.9 Å². The van der Waals surface area contributed by atoms with Crippen LogP contribution in [0, 0.1) is 18.7 Å². The van der Waals surface area contributed by atoms with Crippen LogP contribution in [0.5, 0.6) is 6.01 Å². The molecule has 7 nitrogen and oxygen atoms in total. The first-order chi connectivity index (χ1) is 16.4. The predicted octanol–water partition coefficient (Wildman–Crippen LogP) is 5.93. The van der Waals surface area contributed by atoms with Crippen LogP contribution >= 0.6 is 0 Å². The summed E-state index contributed by atoms with van der Waals surface area (Å²) in [6, 6.07) is 6.80. The van der Waals surface area contributed by atoms with Gasteiger partial charge in [0, 0.05) is 36.1 Å². The molecule has 1 aromatic carbocycles. The molecule has 34 heavy (non-hydrogen) atoms. The second-order valence-corrected chi connectivity index (χ2v) is 8.92. The molecule has 4 aromatic rings. The van der Waals surface area contributed by atoms with Crippen molar-refractivity contribution in [2.75, 3.05) is 0 Å². The van der Waals surface area contributed by atoms with Gasteiger partial charge in [0.15, 0.2) is 0 Å². The van der Waals surface area contributed by atoms with Gasteiger partial charge in [0.1, 0.15) is 17.7 Å². The van der Waals surface area contributed by atoms with Gasteiger partial charge < -0.3 is 14.8 Å². The number of benzene rings is 1. The van der Waals surface area contributed by atoms with Crippen molar-refractivity contribution in [3.05, 3.63) is 66.6 Å². The van der Waals surface area contributed by atoms with E-state index in [2.05, 4.69) is 31.5 Å². The van der Waals surface area contributed by atoms with Gasteiger partial charge in [-0.1, -0.05) is 6.58 Å². The fourth-order valence-corrected chi connectivity index (χ4v) is 4.52. The van der Waals surface area contributed by atoms with E-state index in [0.29, 0.717) is 35.2 Å². The standard InChI is InChI=1S/C26H26FN5O2/c1-15-9-23(28-14-21(15)25-31-22-8-5-19(27)11-24(22)32-25)18-12-29-26(30-13-18)34-20-6-3-17(4-7-20)10-16(2)33/h5,8-9,11-14,17,20,33H,2-4,6-7,10H2,1H3,(H,31,32). The second-order valence-electron chi connectivity index (χ2n) is 8.92. The number of aromatic nitrogens is 5. The van der Waals surface area contributed by atoms with Crippen molar-refractivity contribution in [2.45, 2.75) is 45.1 Å². The number of nitrogens with one attached hydrogen (secondary N) is 1. The maximum atomic E-state index is 13.5. The summed E-state index contributed by atoms with van der Waals surface area (Å²) in [5.74, 6) is 1.07. The summed E-state index contributed by atoms with van der Waals surface area (Å²) in [5.41, 5.74) is 4.72. The fourth-order valence-electron chi connectivity index (χ4n) is 4.52. The molecule has 1 saturated carbocycles. The highest BCUT2D eigenvalue weighted by atomic mass is 19.1. The highest BCUT2D eigenvalue weighted by molar-refractivity contribution is 5.80. The number of aryl methyl sites for hydroxylation is 1. The third-order valence-electron chi connectivity index (χ3n) is 6.32. The lowest BCUT2D eigenvalue weighted by atomic mass is 9.85. The second kappa shape index (κ2) is 9.21. The molecule has 1 fully saturated rings. The number of nitrogens with zero attached hydrogens (tertiary/aromatic N) is 4. The molecular formula is C26H26FN5O2. The predicted molar refractivity (Wildman–Crippen MR) is 128 cm³/mol. The van der Waals surface area contributed by atoms with Gasteiger partial charge in [-0.05, 0) is 68.4 Å². The van der Waals surface area contributed by atoms with Crippen LogP contribution in [0.2, 0.25) is 0 Å². The number of pyridine rings is 1. The molecule has 174 valence electrons. The van der Waals surface area contributed by atoms with Crippen molar-refractivity contribution in [3.63, 3.8) is 0 Å². The molecule has 0 unspecified atom stereocenters. The summed E-state index contributed by atoms with van der Waals surface area (Å²) in [6.07, 6.45) is 9.77. The molecule has 0 spiro atoms. The Hall–Kier alpha value is -3.81. The Kier molecular flexibility index (Phi) is 5.96. The molecule has 3 aromatic heterocycles. The Balaban J connectivity index is 1.26. The lowest BCUT2D eigenvalue weighted by Gasteiger charge is -2.27. The maximum Gasteiger partial charge on any atom is 0.316 e. The molecule has 0 bridgehead atoms. The third-order valence-corrected chi connectivity index (χ3v) is 6.32. The van der Waals surface area contributed by atoms with Crippen molar-refractivity contribution in [2.24, 2.45) is 5.92 Å². The van der Waals surface area contributed by atoms with E-state index in [9.17, 15) is 9.50 Å². The Bertz CT molecular complexity index is 1330. The van der Waals surface area contributed by atoms with Crippen molar-refractivity contribution >= 4 is 11.0 Å². The topological polar surface area (TPSA) is 96.8 Å². The summed E-state index contributed by atoms with van der Waals surface area (Å²) in [4.78, 5) is 21.0. The van der Waals surface area contributed by atoms with Crippen LogP contribution in [-0.2, 0) is 0 Å². The van der Waals surface area contributed by atoms with E-state index >= 15 is 0 Å². The van der Waals surface area contributed by atoms with E-state index in [1.807, 2.05) is 13.0 Å². The first-order valence-electron chi connectivity index (χ1n) is 11.4. The fraction of sp³-hybridized carbons (Fsp3) is 0.308. The summed E-state index contributed by atoms with van der Waals surface area (Å²) < 4.78 is 19.5. The number of H-pyrrole nitrogens is 1. The number of aliphatic hydroxyl groups excluding tert-OH is 1. The van der Waals surface area contributed by atoms with E-state index in [0.717, 1.165) is 48.1 Å². The van der Waals surface area contributed by atoms with E-state index in [-0.39, 0.29) is 17.7 Å². The van der Waals surface area contributed by atoms with E-state index in [1.165, 1.54) is 12.1 Å². The number of imidazole rings is 1. The quantitative estimate of drug-likeness (QED) is 0.347. The molecule has 3 heterocycles. The number of hydrogen-bond donors (Lipinski definition) is 2. The minimum Gasteiger partial charge on any atom is -0.513 e. The molecule has 1 aliphatic rings. The summed E-state index contributed by atoms with van der Waals surface area (Å²) in [7, 11) is 0. The van der Waals surface area contributed by atoms with Crippen LogP contribution in [-0.4, -0.2) is 36.1 Å². The molecule has 0 aliphatic heterocycles. The molecule has 0 amide bonds. The summed E-state index contributed by atoms with van der Waals surface area (Å²) in [5, 5.41) is 9.39. The van der Waals surface area contributed by atoms with Crippen LogP contribution in [0.25, 0.3) is 33.7 Å². The number of rotatable bonds is 6. The van der Waals surface area contributed by atoms with E-state index in [1.54, 1.807) is 24.7 Å². The Labute approximate surface area is 196 Å². The van der Waals surface area contributed by atoms with Gasteiger partial charge in [0.25, 0.3) is 0 Å². The van der Waals surface area contributed by atoms with Crippen molar-refractivity contribution in [3.8, 4) is 28.7 Å². The number of allylic oxidation sites excluding steroid dienone is 1. The highest BCUT2D eigenvalue weighted by Gasteiger charge is 2.23. The number of aromatic amines is 1. The maximum absolute atomic E-state index is 13.5. The molecule has 0 radical (unpaired) electrons. The van der Waals surface area contributed by atoms with Crippen molar-refractivity contribution in [1.29, 1.82) is 0 Å². The molecule has 0 atom stereocenters. The minimum atomic E-state index is -0.305. The zero-order valence-corrected chi connectivity index (χ0v) is 19.0. The largest absolute Gasteiger partial charge is 0.513 e. The molecule has 2 N–H and O–H groups in total. The summed E-state index contributed by atoms with van der Waals surface area (Å²) in [6.45, 7) is 5.57. The van der Waals surface area contributed by atoms with E-state index < -0.39 is 0 Å². The zero-order chi connectivity index (χ0) is 23.7. The summed E-state index contributed by atoms with van der Waals surface area (Å²) >= 11 is 0. The number of fused-ring (bicyclic) bond motifs is 1. The van der Waals surface area contributed by atoms with Gasteiger partial charge in [-0.3, -0.25) is 4.98 Å². The van der Waals surface area contributed by atoms with Gasteiger partial charge in [-0.15, -0.1) is 0 Å². The normalized spacial score (nSPS) is 18.2. The smallest absolute Gasteiger partial charge is 0.316 e. The first-order valence-corrected chi connectivity index (χ1v) is 11.4. The Morgan fingerprint density at radius 3 is 2.59 bits per heavy atom. The number of halogens is 1. The van der Waals surface area contributed by atoms with Crippen LogP contribution < -0.4 is 4.74 Å². The zero-order valence-electron chi connectivity index (χ0n) is 19.0. The molecular weight excluding hydrogens is 433 g/mol. The Morgan fingerprint density at radius 1 is 1.12 bits per heavy atom. The number of hydrogen-bond acceptors (Lipinski definition) is 6. The Morgan fingerprint density at radius 2 is 1.88 bits per heavy atom. The van der Waals surface area contributed by atoms with Gasteiger partial charge in [0.05, 0.1) is 22.5 Å². The SMILES string of the molecule is C=C(O)CC1CCC(Oc2ncc(-c3cc(C)c(-c4nc5ccc(F)cc5[nH]4)cn3)cn2)CC1. The molecule has 1 aliphatic carbocycles. The van der Waals surface area contributed by atoms with Gasteiger partial charge in [-0.2, -0.15) is 0 Å². The van der Waals surface area contributed by atoms with E-state index in [4.69, 9.17) is 4.74 Å². The minimum absolute atomic E-state index is 0.0889. The highest BCUT2D eigenvalue weighted by Crippen LogP contribution is 2.31. The lowest BCUT2D eigenvalue weighted by Crippen LogP contribution is -2.25. The van der Waals surface area contributed by atoms with Gasteiger partial charge >= 0.3 is 6.01 Å².